The first-order chi connectivity index (χ1) is 15.9. The third kappa shape index (κ3) is 3.83. The smallest absolute Gasteiger partial charge is 0.336 e. The highest BCUT2D eigenvalue weighted by Gasteiger charge is 2.42. The SMILES string of the molecule is COC(=O)C1=C(C)NC2=C(C(=O)C[C@@H](c3ccc(Cl)cc3)C2)[C@H]1c1cc2c(cc1Br)OCO2. The number of ketones is 1. The summed E-state index contributed by atoms with van der Waals surface area (Å²) in [6, 6.07) is 11.3. The summed E-state index contributed by atoms with van der Waals surface area (Å²) in [6.45, 7) is 1.96. The van der Waals surface area contributed by atoms with E-state index in [4.69, 9.17) is 25.8 Å². The number of ether oxygens (including phenoxy) is 3. The van der Waals surface area contributed by atoms with Gasteiger partial charge in [-0.15, -0.1) is 0 Å². The lowest BCUT2D eigenvalue weighted by atomic mass is 9.71. The summed E-state index contributed by atoms with van der Waals surface area (Å²) >= 11 is 9.67. The maximum absolute atomic E-state index is 13.6. The van der Waals surface area contributed by atoms with Gasteiger partial charge >= 0.3 is 5.97 Å². The molecule has 0 amide bonds. The number of benzene rings is 2. The molecule has 0 radical (unpaired) electrons. The second-order valence-electron chi connectivity index (χ2n) is 8.29. The van der Waals surface area contributed by atoms with E-state index in [1.165, 1.54) is 7.11 Å². The standard InChI is InChI=1S/C25H21BrClNO5/c1-12-22(25(30)31-2)23(16-9-20-21(10-17(16)26)33-11-32-20)24-18(28-12)7-14(8-19(24)29)13-3-5-15(27)6-4-13/h3-6,9-10,14,23,28H,7-8,11H2,1-2H3/t14-,23-/m0/s1. The van der Waals surface area contributed by atoms with Crippen molar-refractivity contribution in [2.75, 3.05) is 13.9 Å². The van der Waals surface area contributed by atoms with Crippen molar-refractivity contribution in [3.05, 3.63) is 79.6 Å². The molecular weight excluding hydrogens is 510 g/mol. The van der Waals surface area contributed by atoms with Crippen LogP contribution in [-0.2, 0) is 14.3 Å². The third-order valence-electron chi connectivity index (χ3n) is 6.38. The normalized spacial score (nSPS) is 21.6. The van der Waals surface area contributed by atoms with E-state index in [-0.39, 0.29) is 18.5 Å². The highest BCUT2D eigenvalue weighted by molar-refractivity contribution is 9.10. The number of esters is 1. The molecule has 1 aliphatic carbocycles. The number of dihydropyridines is 1. The Balaban J connectivity index is 1.63. The summed E-state index contributed by atoms with van der Waals surface area (Å²) in [5.74, 6) is 0.149. The van der Waals surface area contributed by atoms with Gasteiger partial charge in [0.05, 0.1) is 12.7 Å². The molecule has 2 heterocycles. The molecule has 2 aromatic rings. The van der Waals surface area contributed by atoms with Crippen molar-refractivity contribution in [3.8, 4) is 11.5 Å². The van der Waals surface area contributed by atoms with E-state index in [1.807, 2.05) is 43.3 Å². The zero-order valence-corrected chi connectivity index (χ0v) is 20.4. The number of hydrogen-bond donors (Lipinski definition) is 1. The van der Waals surface area contributed by atoms with Gasteiger partial charge in [0.25, 0.3) is 0 Å². The van der Waals surface area contributed by atoms with Crippen molar-refractivity contribution in [3.63, 3.8) is 0 Å². The van der Waals surface area contributed by atoms with Gasteiger partial charge < -0.3 is 19.5 Å². The quantitative estimate of drug-likeness (QED) is 0.538. The topological polar surface area (TPSA) is 73.9 Å². The van der Waals surface area contributed by atoms with Crippen LogP contribution in [0.3, 0.4) is 0 Å². The molecule has 33 heavy (non-hydrogen) atoms. The number of Topliss-reactive ketones (excluding diaryl/α,β-unsaturated/α-hetero) is 1. The van der Waals surface area contributed by atoms with Gasteiger partial charge in [0, 0.05) is 38.8 Å². The minimum Gasteiger partial charge on any atom is -0.466 e. The third-order valence-corrected chi connectivity index (χ3v) is 7.32. The summed E-state index contributed by atoms with van der Waals surface area (Å²) in [4.78, 5) is 26.5. The van der Waals surface area contributed by atoms with Gasteiger partial charge in [0.2, 0.25) is 6.79 Å². The Morgan fingerprint density at radius 2 is 1.85 bits per heavy atom. The van der Waals surface area contributed by atoms with Crippen LogP contribution in [0.5, 0.6) is 11.5 Å². The molecule has 5 rings (SSSR count). The highest BCUT2D eigenvalue weighted by atomic mass is 79.9. The molecule has 8 heteroatoms. The maximum Gasteiger partial charge on any atom is 0.336 e. The van der Waals surface area contributed by atoms with E-state index in [2.05, 4.69) is 21.2 Å². The van der Waals surface area contributed by atoms with Crippen LogP contribution in [0.25, 0.3) is 0 Å². The number of allylic oxidation sites excluding steroid dienone is 3. The second kappa shape index (κ2) is 8.54. The van der Waals surface area contributed by atoms with E-state index in [0.717, 1.165) is 21.3 Å². The Kier molecular flexibility index (Phi) is 5.70. The molecule has 3 aliphatic rings. The minimum atomic E-state index is -0.587. The monoisotopic (exact) mass is 529 g/mol. The Labute approximate surface area is 204 Å². The number of rotatable bonds is 3. The van der Waals surface area contributed by atoms with Crippen LogP contribution in [0, 0.1) is 0 Å². The molecule has 2 atom stereocenters. The lowest BCUT2D eigenvalue weighted by Gasteiger charge is -2.37. The highest BCUT2D eigenvalue weighted by Crippen LogP contribution is 2.49. The van der Waals surface area contributed by atoms with Crippen LogP contribution in [0.15, 0.2) is 63.4 Å². The Morgan fingerprint density at radius 1 is 1.15 bits per heavy atom. The molecule has 170 valence electrons. The largest absolute Gasteiger partial charge is 0.466 e. The van der Waals surface area contributed by atoms with Crippen LogP contribution in [0.1, 0.15) is 42.7 Å². The van der Waals surface area contributed by atoms with E-state index in [1.54, 1.807) is 0 Å². The van der Waals surface area contributed by atoms with E-state index in [9.17, 15) is 9.59 Å². The molecule has 0 fully saturated rings. The summed E-state index contributed by atoms with van der Waals surface area (Å²) in [5, 5.41) is 4.00. The average molecular weight is 531 g/mol. The molecule has 1 N–H and O–H groups in total. The first-order valence-electron chi connectivity index (χ1n) is 10.5. The maximum atomic E-state index is 13.6. The number of carbonyl (C=O) groups is 2. The Hall–Kier alpha value is -2.77. The number of nitrogens with one attached hydrogen (secondary N) is 1. The molecule has 2 aromatic carbocycles. The molecule has 0 spiro atoms. The van der Waals surface area contributed by atoms with E-state index >= 15 is 0 Å². The molecule has 6 nitrogen and oxygen atoms in total. The zero-order chi connectivity index (χ0) is 23.3. The lowest BCUT2D eigenvalue weighted by molar-refractivity contribution is -0.136. The predicted molar refractivity (Wildman–Crippen MR) is 126 cm³/mol. The van der Waals surface area contributed by atoms with Gasteiger partial charge in [0.1, 0.15) is 0 Å². The summed E-state index contributed by atoms with van der Waals surface area (Å²) < 4.78 is 16.9. The lowest BCUT2D eigenvalue weighted by Crippen LogP contribution is -2.36. The average Bonchev–Trinajstić information content (AvgIpc) is 3.24. The number of fused-ring (bicyclic) bond motifs is 1. The summed E-state index contributed by atoms with van der Waals surface area (Å²) in [5.41, 5.74) is 4.30. The van der Waals surface area contributed by atoms with Crippen molar-refractivity contribution >= 4 is 39.3 Å². The fourth-order valence-electron chi connectivity index (χ4n) is 4.86. The number of carbonyl (C=O) groups excluding carboxylic acids is 2. The molecule has 0 saturated carbocycles. The van der Waals surface area contributed by atoms with Crippen molar-refractivity contribution in [2.45, 2.75) is 31.6 Å². The van der Waals surface area contributed by atoms with Gasteiger partial charge in [-0.1, -0.05) is 39.7 Å². The van der Waals surface area contributed by atoms with E-state index in [0.29, 0.717) is 46.2 Å². The van der Waals surface area contributed by atoms with E-state index < -0.39 is 11.9 Å². The number of hydrogen-bond acceptors (Lipinski definition) is 6. The van der Waals surface area contributed by atoms with Crippen LogP contribution in [-0.4, -0.2) is 25.7 Å². The minimum absolute atomic E-state index is 0.00725. The van der Waals surface area contributed by atoms with Crippen molar-refractivity contribution < 1.29 is 23.8 Å². The van der Waals surface area contributed by atoms with Gasteiger partial charge in [-0.25, -0.2) is 4.79 Å². The fraction of sp³-hybridized carbons (Fsp3) is 0.280. The van der Waals surface area contributed by atoms with Crippen LogP contribution in [0.2, 0.25) is 5.02 Å². The summed E-state index contributed by atoms with van der Waals surface area (Å²) in [7, 11) is 1.34. The van der Waals surface area contributed by atoms with Crippen molar-refractivity contribution in [1.82, 2.24) is 5.32 Å². The Bertz CT molecular complexity index is 1230. The Morgan fingerprint density at radius 3 is 2.55 bits per heavy atom. The zero-order valence-electron chi connectivity index (χ0n) is 18.0. The first-order valence-corrected chi connectivity index (χ1v) is 11.7. The number of halogens is 2. The fourth-order valence-corrected chi connectivity index (χ4v) is 5.53. The van der Waals surface area contributed by atoms with Gasteiger partial charge in [-0.2, -0.15) is 0 Å². The van der Waals surface area contributed by atoms with Crippen LogP contribution >= 0.6 is 27.5 Å². The van der Waals surface area contributed by atoms with Crippen molar-refractivity contribution in [2.24, 2.45) is 0 Å². The predicted octanol–water partition coefficient (Wildman–Crippen LogP) is 5.37. The second-order valence-corrected chi connectivity index (χ2v) is 9.58. The van der Waals surface area contributed by atoms with Gasteiger partial charge in [-0.3, -0.25) is 4.79 Å². The molecular formula is C25H21BrClNO5. The molecule has 0 unspecified atom stereocenters. The molecule has 2 aliphatic heterocycles. The molecule has 0 aromatic heterocycles. The van der Waals surface area contributed by atoms with Gasteiger partial charge in [-0.05, 0) is 54.7 Å². The van der Waals surface area contributed by atoms with Crippen molar-refractivity contribution in [1.29, 1.82) is 0 Å². The number of methoxy groups -OCH3 is 1. The summed E-state index contributed by atoms with van der Waals surface area (Å²) in [6.07, 6.45) is 0.988. The van der Waals surface area contributed by atoms with Crippen LogP contribution < -0.4 is 14.8 Å². The van der Waals surface area contributed by atoms with Gasteiger partial charge in [0.15, 0.2) is 17.3 Å². The molecule has 0 bridgehead atoms. The molecule has 0 saturated heterocycles. The first kappa shape index (κ1) is 22.0. The van der Waals surface area contributed by atoms with Crippen LogP contribution in [0.4, 0.5) is 0 Å².